The molecule has 18 heavy (non-hydrogen) atoms. The van der Waals surface area contributed by atoms with Gasteiger partial charge in [0.1, 0.15) is 12.1 Å². The highest BCUT2D eigenvalue weighted by Gasteiger charge is 2.46. The number of nitrogens with zero attached hydrogens (tertiary/aromatic N) is 4. The largest absolute Gasteiger partial charge is 0.312 e. The van der Waals surface area contributed by atoms with Crippen molar-refractivity contribution in [3.8, 4) is 12.1 Å². The van der Waals surface area contributed by atoms with Crippen molar-refractivity contribution in [1.82, 2.24) is 0 Å². The molecule has 1 rings (SSSR count). The molecular formula is C9H6N4O4S. The van der Waals surface area contributed by atoms with Crippen LogP contribution >= 0.6 is 11.3 Å². The van der Waals surface area contributed by atoms with Crippen molar-refractivity contribution in [3.05, 3.63) is 42.6 Å². The molecule has 0 spiro atoms. The maximum atomic E-state index is 10.8. The van der Waals surface area contributed by atoms with Crippen LogP contribution in [0.2, 0.25) is 0 Å². The molecule has 0 saturated heterocycles. The molecule has 0 aliphatic heterocycles. The van der Waals surface area contributed by atoms with Gasteiger partial charge in [0.05, 0.1) is 0 Å². The van der Waals surface area contributed by atoms with Gasteiger partial charge in [-0.05, 0) is 11.4 Å². The van der Waals surface area contributed by atoms with Gasteiger partial charge in [-0.2, -0.15) is 10.5 Å². The normalized spacial score (nSPS) is 14.8. The molecule has 0 aliphatic carbocycles. The van der Waals surface area contributed by atoms with Crippen LogP contribution < -0.4 is 0 Å². The monoisotopic (exact) mass is 266 g/mol. The summed E-state index contributed by atoms with van der Waals surface area (Å²) in [6.45, 7) is 0. The average molecular weight is 266 g/mol. The Labute approximate surface area is 105 Å². The first-order valence-electron chi connectivity index (χ1n) is 4.62. The van der Waals surface area contributed by atoms with Crippen LogP contribution in [0.4, 0.5) is 0 Å². The van der Waals surface area contributed by atoms with Gasteiger partial charge in [0.25, 0.3) is 0 Å². The number of hydrogen-bond acceptors (Lipinski definition) is 7. The van der Waals surface area contributed by atoms with E-state index in [2.05, 4.69) is 0 Å². The SMILES string of the molecule is N#CC(C(c1cccs1)C(C#N)[N+](=O)[O-])[N+](=O)[O-]. The van der Waals surface area contributed by atoms with Crippen LogP contribution in [0.25, 0.3) is 0 Å². The van der Waals surface area contributed by atoms with Crippen molar-refractivity contribution in [3.63, 3.8) is 0 Å². The second-order valence-corrected chi connectivity index (χ2v) is 4.24. The molecule has 2 unspecified atom stereocenters. The van der Waals surface area contributed by atoms with E-state index in [-0.39, 0.29) is 4.88 Å². The molecule has 0 bridgehead atoms. The Bertz CT molecular complexity index is 498. The number of nitriles is 2. The Morgan fingerprint density at radius 3 is 1.94 bits per heavy atom. The fourth-order valence-electron chi connectivity index (χ4n) is 1.48. The maximum absolute atomic E-state index is 10.8. The predicted octanol–water partition coefficient (Wildman–Crippen LogP) is 1.17. The Morgan fingerprint density at radius 1 is 1.17 bits per heavy atom. The second kappa shape index (κ2) is 5.70. The van der Waals surface area contributed by atoms with Crippen LogP contribution in [0.3, 0.4) is 0 Å². The molecule has 0 saturated carbocycles. The lowest BCUT2D eigenvalue weighted by Gasteiger charge is -2.14. The summed E-state index contributed by atoms with van der Waals surface area (Å²) in [5.41, 5.74) is 0. The predicted molar refractivity (Wildman–Crippen MR) is 59.9 cm³/mol. The molecule has 1 aromatic heterocycles. The summed E-state index contributed by atoms with van der Waals surface area (Å²) in [5.74, 6) is -1.37. The topological polar surface area (TPSA) is 134 Å². The minimum absolute atomic E-state index is 0.279. The van der Waals surface area contributed by atoms with E-state index in [0.717, 1.165) is 11.3 Å². The second-order valence-electron chi connectivity index (χ2n) is 3.26. The summed E-state index contributed by atoms with van der Waals surface area (Å²) in [4.78, 5) is 20.0. The molecule has 9 heteroatoms. The van der Waals surface area contributed by atoms with E-state index in [1.54, 1.807) is 11.4 Å². The van der Waals surface area contributed by atoms with Gasteiger partial charge in [-0.3, -0.25) is 20.2 Å². The Kier molecular flexibility index (Phi) is 4.29. The first-order chi connectivity index (χ1) is 8.52. The minimum atomic E-state index is -1.82. The highest BCUT2D eigenvalue weighted by molar-refractivity contribution is 7.10. The quantitative estimate of drug-likeness (QED) is 0.579. The summed E-state index contributed by atoms with van der Waals surface area (Å²) in [5, 5.41) is 40.7. The van der Waals surface area contributed by atoms with Gasteiger partial charge in [0, 0.05) is 14.7 Å². The molecule has 0 N–H and O–H groups in total. The highest BCUT2D eigenvalue weighted by Crippen LogP contribution is 2.30. The average Bonchev–Trinajstić information content (AvgIpc) is 2.81. The summed E-state index contributed by atoms with van der Waals surface area (Å²) in [6, 6.07) is 2.17. The number of rotatable bonds is 5. The third-order valence-corrected chi connectivity index (χ3v) is 3.24. The molecule has 0 fully saturated rings. The van der Waals surface area contributed by atoms with Crippen molar-refractivity contribution in [2.24, 2.45) is 0 Å². The standard InChI is InChI=1S/C9H6N4O4S/c10-4-6(12(14)15)9(7(5-11)13(16)17)8-2-1-3-18-8/h1-3,6-7,9H. The van der Waals surface area contributed by atoms with Crippen molar-refractivity contribution in [1.29, 1.82) is 10.5 Å². The van der Waals surface area contributed by atoms with E-state index < -0.39 is 27.8 Å². The van der Waals surface area contributed by atoms with Crippen molar-refractivity contribution in [2.75, 3.05) is 0 Å². The fraction of sp³-hybridized carbons (Fsp3) is 0.333. The first kappa shape index (κ1) is 13.5. The maximum Gasteiger partial charge on any atom is 0.312 e. The van der Waals surface area contributed by atoms with Gasteiger partial charge in [0.2, 0.25) is 0 Å². The van der Waals surface area contributed by atoms with Gasteiger partial charge >= 0.3 is 12.1 Å². The zero-order chi connectivity index (χ0) is 13.7. The molecule has 1 aromatic rings. The van der Waals surface area contributed by atoms with Crippen molar-refractivity contribution < 1.29 is 9.85 Å². The van der Waals surface area contributed by atoms with E-state index >= 15 is 0 Å². The molecule has 2 atom stereocenters. The van der Waals surface area contributed by atoms with Gasteiger partial charge in [-0.1, -0.05) is 6.07 Å². The van der Waals surface area contributed by atoms with E-state index in [9.17, 15) is 20.2 Å². The molecular weight excluding hydrogens is 260 g/mol. The Morgan fingerprint density at radius 2 is 1.67 bits per heavy atom. The Balaban J connectivity index is 3.28. The molecule has 1 heterocycles. The smallest absolute Gasteiger partial charge is 0.263 e. The molecule has 0 aliphatic rings. The van der Waals surface area contributed by atoms with Crippen LogP contribution in [0.1, 0.15) is 10.8 Å². The zero-order valence-electron chi connectivity index (χ0n) is 8.79. The molecule has 0 amide bonds. The molecule has 0 radical (unpaired) electrons. The summed E-state index contributed by atoms with van der Waals surface area (Å²) in [7, 11) is 0. The van der Waals surface area contributed by atoms with E-state index in [1.807, 2.05) is 0 Å². The molecule has 92 valence electrons. The van der Waals surface area contributed by atoms with Crippen molar-refractivity contribution in [2.45, 2.75) is 18.0 Å². The first-order valence-corrected chi connectivity index (χ1v) is 5.50. The van der Waals surface area contributed by atoms with Gasteiger partial charge in [0.15, 0.2) is 5.92 Å². The van der Waals surface area contributed by atoms with E-state index in [4.69, 9.17) is 10.5 Å². The third-order valence-electron chi connectivity index (χ3n) is 2.27. The third kappa shape index (κ3) is 2.59. The van der Waals surface area contributed by atoms with E-state index in [0.29, 0.717) is 0 Å². The van der Waals surface area contributed by atoms with E-state index in [1.165, 1.54) is 18.2 Å². The van der Waals surface area contributed by atoms with Crippen LogP contribution in [-0.2, 0) is 0 Å². The number of thiophene rings is 1. The molecule has 0 aromatic carbocycles. The lowest BCUT2D eigenvalue weighted by atomic mass is 9.92. The zero-order valence-corrected chi connectivity index (χ0v) is 9.61. The summed E-state index contributed by atoms with van der Waals surface area (Å²) < 4.78 is 0. The van der Waals surface area contributed by atoms with Crippen molar-refractivity contribution >= 4 is 11.3 Å². The van der Waals surface area contributed by atoms with Gasteiger partial charge < -0.3 is 0 Å². The Hall–Kier alpha value is -2.52. The number of hydrogen-bond donors (Lipinski definition) is 0. The number of nitro groups is 2. The molecule has 8 nitrogen and oxygen atoms in total. The van der Waals surface area contributed by atoms with Crippen LogP contribution in [0, 0.1) is 42.9 Å². The van der Waals surface area contributed by atoms with Crippen LogP contribution in [-0.4, -0.2) is 21.9 Å². The van der Waals surface area contributed by atoms with Crippen LogP contribution in [0.5, 0.6) is 0 Å². The van der Waals surface area contributed by atoms with Gasteiger partial charge in [-0.15, -0.1) is 11.3 Å². The van der Waals surface area contributed by atoms with Crippen LogP contribution in [0.15, 0.2) is 17.5 Å². The summed E-state index contributed by atoms with van der Waals surface area (Å²) >= 11 is 1.04. The summed E-state index contributed by atoms with van der Waals surface area (Å²) in [6.07, 6.45) is 0. The highest BCUT2D eigenvalue weighted by atomic mass is 32.1. The lowest BCUT2D eigenvalue weighted by molar-refractivity contribution is -0.548. The lowest BCUT2D eigenvalue weighted by Crippen LogP contribution is -2.37. The minimum Gasteiger partial charge on any atom is -0.263 e. The fourth-order valence-corrected chi connectivity index (χ4v) is 2.37. The van der Waals surface area contributed by atoms with Gasteiger partial charge in [-0.25, -0.2) is 0 Å².